The molecule has 18 heteroatoms. The van der Waals surface area contributed by atoms with Gasteiger partial charge in [0.2, 0.25) is 0 Å². The van der Waals surface area contributed by atoms with Crippen molar-refractivity contribution in [2.75, 3.05) is 0 Å². The van der Waals surface area contributed by atoms with Gasteiger partial charge in [0.25, 0.3) is 7.82 Å². The van der Waals surface area contributed by atoms with Gasteiger partial charge in [-0.05, 0) is 36.4 Å². The van der Waals surface area contributed by atoms with E-state index in [9.17, 15) is 28.8 Å². The zero-order valence-electron chi connectivity index (χ0n) is 21.2. The van der Waals surface area contributed by atoms with E-state index in [2.05, 4.69) is 0 Å². The van der Waals surface area contributed by atoms with Crippen LogP contribution in [0.25, 0.3) is 0 Å². The number of carboxylic acids is 6. The first-order chi connectivity index (χ1) is 18.9. The van der Waals surface area contributed by atoms with Crippen molar-refractivity contribution < 1.29 is 97.5 Å². The maximum absolute atomic E-state index is 10.5. The molecule has 0 bridgehead atoms. The first-order valence-electron chi connectivity index (χ1n) is 10.3. The van der Waals surface area contributed by atoms with Gasteiger partial charge in [-0.2, -0.15) is 0 Å². The molecule has 0 amide bonds. The van der Waals surface area contributed by atoms with Crippen LogP contribution >= 0.6 is 7.82 Å². The van der Waals surface area contributed by atoms with Gasteiger partial charge >= 0.3 is 54.7 Å². The second-order valence-electron chi connectivity index (χ2n) is 6.96. The van der Waals surface area contributed by atoms with Crippen molar-refractivity contribution >= 4 is 43.6 Å². The zero-order chi connectivity index (χ0) is 31.9. The minimum absolute atomic E-state index is 0. The Bertz CT molecular complexity index is 1210. The van der Waals surface area contributed by atoms with Gasteiger partial charge in [-0.15, -0.1) is 0 Å². The molecule has 0 heterocycles. The molecule has 218 valence electrons. The molecule has 3 aromatic rings. The third-order valence-electron chi connectivity index (χ3n) is 4.16. The molecule has 0 aliphatic heterocycles. The van der Waals surface area contributed by atoms with Crippen LogP contribution < -0.4 is 23.8 Å². The van der Waals surface area contributed by atoms with Crippen molar-refractivity contribution in [3.8, 4) is 0 Å². The number of carboxylic acid groups (broad SMARTS) is 6. The van der Waals surface area contributed by atoms with Crippen molar-refractivity contribution in [2.24, 2.45) is 0 Å². The minimum atomic E-state index is -4.89. The molecule has 8 N–H and O–H groups in total. The van der Waals surface area contributed by atoms with E-state index in [0.29, 0.717) is 0 Å². The number of carbonyl (C=O) groups is 6. The van der Waals surface area contributed by atoms with E-state index in [1.54, 1.807) is 0 Å². The van der Waals surface area contributed by atoms with Crippen LogP contribution in [-0.4, -0.2) is 76.2 Å². The third-order valence-corrected chi connectivity index (χ3v) is 4.16. The molecule has 0 fully saturated rings. The molecule has 3 aromatic carbocycles. The predicted molar refractivity (Wildman–Crippen MR) is 133 cm³/mol. The second kappa shape index (κ2) is 18.5. The van der Waals surface area contributed by atoms with Crippen molar-refractivity contribution in [1.29, 1.82) is 0 Å². The zero-order valence-corrected chi connectivity index (χ0v) is 22.1. The largest absolute Gasteiger partial charge is 1.00 e. The summed E-state index contributed by atoms with van der Waals surface area (Å²) in [5.41, 5.74) is -1.14. The Labute approximate surface area is 247 Å². The van der Waals surface area contributed by atoms with E-state index >= 15 is 0 Å². The van der Waals surface area contributed by atoms with Crippen molar-refractivity contribution in [2.45, 2.75) is 0 Å². The Morgan fingerprint density at radius 2 is 0.524 bits per heavy atom. The summed E-state index contributed by atoms with van der Waals surface area (Å²) in [6.07, 6.45) is 0. The Kier molecular flexibility index (Phi) is 17.3. The first kappa shape index (κ1) is 39.3. The average molecular weight is 602 g/mol. The predicted octanol–water partition coefficient (Wildman–Crippen LogP) is -1.31. The number of aromatic carboxylic acids is 6. The van der Waals surface area contributed by atoms with Crippen LogP contribution in [0.1, 0.15) is 62.1 Å². The summed E-state index contributed by atoms with van der Waals surface area (Å²) < 4.78 is 8.77. The number of phosphoric acid groups is 1. The molecule has 0 aliphatic rings. The van der Waals surface area contributed by atoms with E-state index in [1.165, 1.54) is 72.8 Å². The summed E-state index contributed by atoms with van der Waals surface area (Å²) >= 11 is 0. The average Bonchev–Trinajstić information content (AvgIpc) is 2.88. The van der Waals surface area contributed by atoms with E-state index < -0.39 is 43.6 Å². The Morgan fingerprint density at radius 3 is 0.595 bits per heavy atom. The molecule has 0 atom stereocenters. The van der Waals surface area contributed by atoms with E-state index in [-0.39, 0.29) is 52.2 Å². The Balaban J connectivity index is 0. The topological polar surface area (TPSA) is 304 Å². The molecule has 0 radical (unpaired) electrons. The quantitative estimate of drug-likeness (QED) is 0.120. The molecule has 16 nitrogen and oxygen atoms in total. The van der Waals surface area contributed by atoms with Gasteiger partial charge in [-0.1, -0.05) is 36.4 Å². The summed E-state index contributed by atoms with van der Waals surface area (Å²) in [5, 5.41) is 51.3. The summed E-state index contributed by atoms with van der Waals surface area (Å²) in [4.78, 5) is 85.7. The summed E-state index contributed by atoms with van der Waals surface area (Å²) in [6, 6.07) is 16.4. The normalized spacial score (nSPS) is 9.40. The maximum Gasteiger partial charge on any atom is 1.00 e. The van der Waals surface area contributed by atoms with Gasteiger partial charge in [-0.25, -0.2) is 28.8 Å². The van der Waals surface area contributed by atoms with Gasteiger partial charge in [0.15, 0.2) is 0 Å². The van der Waals surface area contributed by atoms with Gasteiger partial charge in [0, 0.05) is 0 Å². The van der Waals surface area contributed by atoms with Crippen LogP contribution in [0.5, 0.6) is 0 Å². The number of hydrogen-bond donors (Lipinski definition) is 8. The number of benzene rings is 3. The Morgan fingerprint density at radius 1 is 0.429 bits per heavy atom. The molecule has 0 aromatic heterocycles. The fourth-order valence-corrected chi connectivity index (χ4v) is 2.57. The second-order valence-corrected chi connectivity index (χ2v) is 7.94. The minimum Gasteiger partial charge on any atom is -0.756 e. The smallest absolute Gasteiger partial charge is 0.756 e. The van der Waals surface area contributed by atoms with Crippen molar-refractivity contribution in [1.82, 2.24) is 0 Å². The SMILES string of the molecule is O=C(O)c1ccccc1C(=O)O.O=C(O)c1ccccc1C(=O)O.O=C(O)c1ccccc1C(=O)O.O=P([O-])(O)O.[Li+]. The van der Waals surface area contributed by atoms with Gasteiger partial charge < -0.3 is 45.3 Å². The fourth-order valence-electron chi connectivity index (χ4n) is 2.57. The summed E-state index contributed by atoms with van der Waals surface area (Å²) in [6.45, 7) is 0. The monoisotopic (exact) mass is 602 g/mol. The van der Waals surface area contributed by atoms with Gasteiger partial charge in [0.05, 0.1) is 33.4 Å². The molecule has 0 spiro atoms. The first-order valence-corrected chi connectivity index (χ1v) is 11.8. The maximum atomic E-state index is 10.5. The van der Waals surface area contributed by atoms with E-state index in [1.807, 2.05) is 0 Å². The summed E-state index contributed by atoms with van der Waals surface area (Å²) in [7, 11) is -4.89. The van der Waals surface area contributed by atoms with Crippen LogP contribution in [0.2, 0.25) is 0 Å². The number of rotatable bonds is 6. The van der Waals surface area contributed by atoms with Crippen LogP contribution in [-0.2, 0) is 4.57 Å². The van der Waals surface area contributed by atoms with Gasteiger partial charge in [0.1, 0.15) is 0 Å². The molecule has 42 heavy (non-hydrogen) atoms. The van der Waals surface area contributed by atoms with Crippen LogP contribution in [0.4, 0.5) is 0 Å². The number of hydrogen-bond acceptors (Lipinski definition) is 8. The van der Waals surface area contributed by atoms with Crippen LogP contribution in [0.3, 0.4) is 0 Å². The Hall–Kier alpha value is -4.81. The van der Waals surface area contributed by atoms with E-state index in [0.717, 1.165) is 0 Å². The van der Waals surface area contributed by atoms with Crippen molar-refractivity contribution in [3.05, 3.63) is 106 Å². The third kappa shape index (κ3) is 15.1. The molecule has 0 unspecified atom stereocenters. The molecule has 3 rings (SSSR count). The van der Waals surface area contributed by atoms with Crippen LogP contribution in [0.15, 0.2) is 72.8 Å². The van der Waals surface area contributed by atoms with Crippen LogP contribution in [0, 0.1) is 0 Å². The van der Waals surface area contributed by atoms with Gasteiger partial charge in [-0.3, -0.25) is 4.57 Å². The fraction of sp³-hybridized carbons (Fsp3) is 0. The molecule has 0 saturated carbocycles. The molecular weight excluding hydrogens is 582 g/mol. The van der Waals surface area contributed by atoms with E-state index in [4.69, 9.17) is 49.9 Å². The standard InChI is InChI=1S/3C8H6O4.Li.H3O4P/c3*9-7(10)5-3-1-2-4-6(5)8(11)12;;1-5(2,3)4/h3*1-4H,(H,9,10)(H,11,12);;(H3,1,2,3,4)/q;;;+1;/p-1. The molecular formula is C24H20LiO16P. The van der Waals surface area contributed by atoms with Crippen molar-refractivity contribution in [3.63, 3.8) is 0 Å². The molecule has 0 aliphatic carbocycles. The summed E-state index contributed by atoms with van der Waals surface area (Å²) in [5.74, 6) is -7.37. The molecule has 0 saturated heterocycles.